The Hall–Kier alpha value is -2.89. The molecule has 0 unspecified atom stereocenters. The Bertz CT molecular complexity index is 837. The molecule has 118 valence electrons. The summed E-state index contributed by atoms with van der Waals surface area (Å²) in [5.74, 6) is 0.323. The molecule has 0 saturated carbocycles. The maximum atomic E-state index is 10.9. The van der Waals surface area contributed by atoms with E-state index in [1.807, 2.05) is 10.6 Å². The Labute approximate surface area is 133 Å². The van der Waals surface area contributed by atoms with E-state index < -0.39 is 5.97 Å². The Morgan fingerprint density at radius 3 is 2.65 bits per heavy atom. The van der Waals surface area contributed by atoms with Crippen LogP contribution >= 0.6 is 0 Å². The summed E-state index contributed by atoms with van der Waals surface area (Å²) in [6, 6.07) is 6.76. The molecule has 0 amide bonds. The first-order chi connectivity index (χ1) is 11.1. The van der Waals surface area contributed by atoms with Gasteiger partial charge in [0.25, 0.3) is 0 Å². The highest BCUT2D eigenvalue weighted by Gasteiger charge is 2.11. The van der Waals surface area contributed by atoms with E-state index in [2.05, 4.69) is 29.1 Å². The standard InChI is InChI=1S/C17H18N4O2/c1-11(2)9-19-15-16-20-10-14(21(16)8-7-18-15)12-3-5-13(6-4-12)17(22)23/h3-8,10-11H,9H2,1-2H3,(H,18,19)(H,22,23). The minimum atomic E-state index is -0.931. The van der Waals surface area contributed by atoms with Crippen LogP contribution in [0.25, 0.3) is 16.9 Å². The van der Waals surface area contributed by atoms with Crippen molar-refractivity contribution in [2.75, 3.05) is 11.9 Å². The molecule has 0 radical (unpaired) electrons. The zero-order valence-corrected chi connectivity index (χ0v) is 13.0. The van der Waals surface area contributed by atoms with Gasteiger partial charge in [0.05, 0.1) is 17.5 Å². The molecule has 0 atom stereocenters. The number of aromatic carboxylic acids is 1. The monoisotopic (exact) mass is 310 g/mol. The molecule has 2 heterocycles. The zero-order chi connectivity index (χ0) is 16.4. The number of carboxylic acid groups (broad SMARTS) is 1. The number of aromatic nitrogens is 3. The molecule has 0 aliphatic heterocycles. The molecule has 0 aliphatic carbocycles. The van der Waals surface area contributed by atoms with E-state index in [0.29, 0.717) is 5.92 Å². The lowest BCUT2D eigenvalue weighted by Crippen LogP contribution is -2.10. The number of anilines is 1. The topological polar surface area (TPSA) is 79.5 Å². The van der Waals surface area contributed by atoms with Crippen LogP contribution in [0.2, 0.25) is 0 Å². The van der Waals surface area contributed by atoms with Gasteiger partial charge in [0.15, 0.2) is 11.5 Å². The number of imidazole rings is 1. The summed E-state index contributed by atoms with van der Waals surface area (Å²) >= 11 is 0. The molecule has 2 N–H and O–H groups in total. The number of rotatable bonds is 5. The van der Waals surface area contributed by atoms with E-state index in [0.717, 1.165) is 29.3 Å². The molecule has 0 aliphatic rings. The zero-order valence-electron chi connectivity index (χ0n) is 13.0. The average Bonchev–Trinajstić information content (AvgIpc) is 2.97. The third-order valence-electron chi connectivity index (χ3n) is 3.53. The number of benzene rings is 1. The van der Waals surface area contributed by atoms with Crippen molar-refractivity contribution in [2.24, 2.45) is 5.92 Å². The third-order valence-corrected chi connectivity index (χ3v) is 3.53. The van der Waals surface area contributed by atoms with E-state index in [1.54, 1.807) is 36.7 Å². The Morgan fingerprint density at radius 1 is 1.26 bits per heavy atom. The van der Waals surface area contributed by atoms with Gasteiger partial charge in [-0.05, 0) is 18.1 Å². The molecule has 1 aromatic carbocycles. The maximum absolute atomic E-state index is 10.9. The van der Waals surface area contributed by atoms with Crippen molar-refractivity contribution in [3.05, 3.63) is 48.4 Å². The summed E-state index contributed by atoms with van der Waals surface area (Å²) in [6.45, 7) is 5.09. The van der Waals surface area contributed by atoms with Gasteiger partial charge in [0.1, 0.15) is 0 Å². The van der Waals surface area contributed by atoms with Crippen molar-refractivity contribution >= 4 is 17.4 Å². The van der Waals surface area contributed by atoms with Gasteiger partial charge >= 0.3 is 5.97 Å². The van der Waals surface area contributed by atoms with E-state index >= 15 is 0 Å². The van der Waals surface area contributed by atoms with Crippen molar-refractivity contribution in [2.45, 2.75) is 13.8 Å². The highest BCUT2D eigenvalue weighted by molar-refractivity contribution is 5.88. The second-order valence-electron chi connectivity index (χ2n) is 5.77. The number of carbonyl (C=O) groups is 1. The van der Waals surface area contributed by atoms with Gasteiger partial charge in [0.2, 0.25) is 0 Å². The van der Waals surface area contributed by atoms with Crippen molar-refractivity contribution in [3.63, 3.8) is 0 Å². The van der Waals surface area contributed by atoms with Crippen LogP contribution < -0.4 is 5.32 Å². The third kappa shape index (κ3) is 3.01. The van der Waals surface area contributed by atoms with Crippen molar-refractivity contribution in [3.8, 4) is 11.3 Å². The highest BCUT2D eigenvalue weighted by atomic mass is 16.4. The van der Waals surface area contributed by atoms with Gasteiger partial charge in [-0.15, -0.1) is 0 Å². The molecular formula is C17H18N4O2. The number of nitrogens with zero attached hydrogens (tertiary/aromatic N) is 3. The second-order valence-corrected chi connectivity index (χ2v) is 5.77. The van der Waals surface area contributed by atoms with Gasteiger partial charge < -0.3 is 10.4 Å². The van der Waals surface area contributed by atoms with Crippen LogP contribution in [-0.4, -0.2) is 32.0 Å². The maximum Gasteiger partial charge on any atom is 0.335 e. The summed E-state index contributed by atoms with van der Waals surface area (Å²) < 4.78 is 1.95. The van der Waals surface area contributed by atoms with Crippen LogP contribution in [0.3, 0.4) is 0 Å². The van der Waals surface area contributed by atoms with Crippen molar-refractivity contribution in [1.29, 1.82) is 0 Å². The van der Waals surface area contributed by atoms with Crippen LogP contribution in [0.15, 0.2) is 42.9 Å². The van der Waals surface area contributed by atoms with Gasteiger partial charge in [-0.2, -0.15) is 0 Å². The lowest BCUT2D eigenvalue weighted by molar-refractivity contribution is 0.0697. The molecule has 23 heavy (non-hydrogen) atoms. The Kier molecular flexibility index (Phi) is 3.97. The smallest absolute Gasteiger partial charge is 0.335 e. The SMILES string of the molecule is CC(C)CNc1nccn2c(-c3ccc(C(=O)O)cc3)cnc12. The fraction of sp³-hybridized carbons (Fsp3) is 0.235. The summed E-state index contributed by atoms with van der Waals surface area (Å²) in [5.41, 5.74) is 2.82. The van der Waals surface area contributed by atoms with Crippen LogP contribution in [0.1, 0.15) is 24.2 Å². The molecule has 0 saturated heterocycles. The van der Waals surface area contributed by atoms with Crippen molar-refractivity contribution in [1.82, 2.24) is 14.4 Å². The van der Waals surface area contributed by atoms with E-state index in [1.165, 1.54) is 0 Å². The number of hydrogen-bond acceptors (Lipinski definition) is 4. The summed E-state index contributed by atoms with van der Waals surface area (Å²) in [7, 11) is 0. The number of nitrogens with one attached hydrogen (secondary N) is 1. The van der Waals surface area contributed by atoms with Crippen LogP contribution in [-0.2, 0) is 0 Å². The van der Waals surface area contributed by atoms with Crippen LogP contribution in [0.5, 0.6) is 0 Å². The lowest BCUT2D eigenvalue weighted by atomic mass is 10.1. The Balaban J connectivity index is 1.99. The average molecular weight is 310 g/mol. The summed E-state index contributed by atoms with van der Waals surface area (Å²) in [5, 5.41) is 12.3. The quantitative estimate of drug-likeness (QED) is 0.756. The normalized spacial score (nSPS) is 11.1. The van der Waals surface area contributed by atoms with Crippen LogP contribution in [0.4, 0.5) is 5.82 Å². The second kappa shape index (κ2) is 6.08. The van der Waals surface area contributed by atoms with Gasteiger partial charge in [-0.25, -0.2) is 14.8 Å². The molecule has 2 aromatic heterocycles. The minimum Gasteiger partial charge on any atom is -0.478 e. The molecule has 0 bridgehead atoms. The molecular weight excluding hydrogens is 292 g/mol. The Morgan fingerprint density at radius 2 is 2.00 bits per heavy atom. The first kappa shape index (κ1) is 15.0. The molecule has 3 rings (SSSR count). The molecule has 6 heteroatoms. The fourth-order valence-corrected chi connectivity index (χ4v) is 2.34. The predicted octanol–water partition coefficient (Wildman–Crippen LogP) is 3.16. The van der Waals surface area contributed by atoms with E-state index in [9.17, 15) is 4.79 Å². The van der Waals surface area contributed by atoms with Gasteiger partial charge in [-0.1, -0.05) is 26.0 Å². The number of fused-ring (bicyclic) bond motifs is 1. The molecule has 0 fully saturated rings. The first-order valence-corrected chi connectivity index (χ1v) is 7.46. The highest BCUT2D eigenvalue weighted by Crippen LogP contribution is 2.23. The van der Waals surface area contributed by atoms with Crippen molar-refractivity contribution < 1.29 is 9.90 Å². The molecule has 6 nitrogen and oxygen atoms in total. The summed E-state index contributed by atoms with van der Waals surface area (Å²) in [4.78, 5) is 19.8. The van der Waals surface area contributed by atoms with Gasteiger partial charge in [0, 0.05) is 24.5 Å². The van der Waals surface area contributed by atoms with Crippen LogP contribution in [0, 0.1) is 5.92 Å². The largest absolute Gasteiger partial charge is 0.478 e. The molecule has 0 spiro atoms. The number of hydrogen-bond donors (Lipinski definition) is 2. The van der Waals surface area contributed by atoms with E-state index in [4.69, 9.17) is 5.11 Å². The lowest BCUT2D eigenvalue weighted by Gasteiger charge is -2.09. The van der Waals surface area contributed by atoms with E-state index in [-0.39, 0.29) is 5.56 Å². The minimum absolute atomic E-state index is 0.267. The first-order valence-electron chi connectivity index (χ1n) is 7.46. The van der Waals surface area contributed by atoms with Gasteiger partial charge in [-0.3, -0.25) is 4.40 Å². The predicted molar refractivity (Wildman–Crippen MR) is 88.7 cm³/mol. The number of carboxylic acids is 1. The molecule has 3 aromatic rings. The summed E-state index contributed by atoms with van der Waals surface area (Å²) in [6.07, 6.45) is 5.35. The fourth-order valence-electron chi connectivity index (χ4n) is 2.34.